The number of hydrogen-bond acceptors (Lipinski definition) is 3. The van der Waals surface area contributed by atoms with Crippen molar-refractivity contribution in [2.45, 2.75) is 25.4 Å². The van der Waals surface area contributed by atoms with Crippen molar-refractivity contribution in [3.05, 3.63) is 36.2 Å². The van der Waals surface area contributed by atoms with Gasteiger partial charge in [0.05, 0.1) is 5.41 Å². The Bertz CT molecular complexity index is 515. The molecule has 1 heterocycles. The molecule has 0 N–H and O–H groups in total. The van der Waals surface area contributed by atoms with E-state index in [1.807, 2.05) is 0 Å². The van der Waals surface area contributed by atoms with E-state index in [4.69, 9.17) is 0 Å². The van der Waals surface area contributed by atoms with Crippen molar-refractivity contribution in [1.82, 2.24) is 10.1 Å². The van der Waals surface area contributed by atoms with Crippen molar-refractivity contribution in [1.29, 1.82) is 0 Å². The second-order valence-electron chi connectivity index (χ2n) is 4.45. The molecule has 0 fully saturated rings. The van der Waals surface area contributed by atoms with Crippen LogP contribution in [0.2, 0.25) is 0 Å². The van der Waals surface area contributed by atoms with Gasteiger partial charge in [-0.05, 0) is 19.4 Å². The van der Waals surface area contributed by atoms with Crippen molar-refractivity contribution in [3.63, 3.8) is 0 Å². The largest absolute Gasteiger partial charge is 0.397 e. The summed E-state index contributed by atoms with van der Waals surface area (Å²) >= 11 is 0. The Morgan fingerprint density at radius 3 is 2.11 bits per heavy atom. The molecule has 1 aromatic carbocycles. The molecule has 2 rings (SSSR count). The molecule has 18 heavy (non-hydrogen) atoms. The van der Waals surface area contributed by atoms with Gasteiger partial charge in [-0.1, -0.05) is 29.4 Å². The highest BCUT2D eigenvalue weighted by Gasteiger charge is 2.48. The van der Waals surface area contributed by atoms with Gasteiger partial charge >= 0.3 is 6.18 Å². The third-order valence-corrected chi connectivity index (χ3v) is 2.93. The maximum Gasteiger partial charge on any atom is 0.397 e. The summed E-state index contributed by atoms with van der Waals surface area (Å²) < 4.78 is 43.1. The fourth-order valence-corrected chi connectivity index (χ4v) is 1.50. The molecule has 6 heteroatoms. The first-order chi connectivity index (χ1) is 8.32. The van der Waals surface area contributed by atoms with Crippen LogP contribution in [0.3, 0.4) is 0 Å². The SMILES string of the molecule is CC(C)(c1ccc(-c2ncon2)cc1)C(F)(F)F. The van der Waals surface area contributed by atoms with Gasteiger partial charge in [0.15, 0.2) is 0 Å². The first kappa shape index (κ1) is 12.6. The molecule has 0 amide bonds. The first-order valence-electron chi connectivity index (χ1n) is 5.26. The van der Waals surface area contributed by atoms with Crippen molar-refractivity contribution >= 4 is 0 Å². The summed E-state index contributed by atoms with van der Waals surface area (Å²) in [5.41, 5.74) is -1.07. The highest BCUT2D eigenvalue weighted by atomic mass is 19.4. The molecule has 0 bridgehead atoms. The van der Waals surface area contributed by atoms with E-state index >= 15 is 0 Å². The summed E-state index contributed by atoms with van der Waals surface area (Å²) in [6, 6.07) is 5.96. The Balaban J connectivity index is 2.34. The van der Waals surface area contributed by atoms with Crippen LogP contribution in [0.25, 0.3) is 11.4 Å². The molecule has 1 aromatic heterocycles. The van der Waals surface area contributed by atoms with Gasteiger partial charge in [-0.2, -0.15) is 18.2 Å². The van der Waals surface area contributed by atoms with Crippen molar-refractivity contribution in [2.75, 3.05) is 0 Å². The molecule has 2 aromatic rings. The minimum atomic E-state index is -4.29. The molecular weight excluding hydrogens is 245 g/mol. The number of benzene rings is 1. The Labute approximate surface area is 102 Å². The molecule has 0 saturated heterocycles. The molecule has 96 valence electrons. The van der Waals surface area contributed by atoms with E-state index in [0.717, 1.165) is 13.8 Å². The predicted molar refractivity (Wildman–Crippen MR) is 58.8 cm³/mol. The summed E-state index contributed by atoms with van der Waals surface area (Å²) in [5, 5.41) is 3.62. The first-order valence-corrected chi connectivity index (χ1v) is 5.26. The quantitative estimate of drug-likeness (QED) is 0.824. The fourth-order valence-electron chi connectivity index (χ4n) is 1.50. The highest BCUT2D eigenvalue weighted by molar-refractivity contribution is 5.54. The third-order valence-electron chi connectivity index (χ3n) is 2.93. The lowest BCUT2D eigenvalue weighted by molar-refractivity contribution is -0.180. The zero-order valence-corrected chi connectivity index (χ0v) is 9.82. The molecule has 0 spiro atoms. The van der Waals surface area contributed by atoms with Crippen molar-refractivity contribution in [2.24, 2.45) is 0 Å². The molecular formula is C12H11F3N2O. The van der Waals surface area contributed by atoms with Crippen LogP contribution in [0.4, 0.5) is 13.2 Å². The van der Waals surface area contributed by atoms with E-state index in [9.17, 15) is 13.2 Å². The van der Waals surface area contributed by atoms with Crippen LogP contribution in [-0.2, 0) is 5.41 Å². The van der Waals surface area contributed by atoms with E-state index in [0.29, 0.717) is 11.4 Å². The van der Waals surface area contributed by atoms with E-state index in [1.165, 1.54) is 18.5 Å². The topological polar surface area (TPSA) is 38.9 Å². The zero-order chi connectivity index (χ0) is 13.4. The number of hydrogen-bond donors (Lipinski definition) is 0. The third kappa shape index (κ3) is 2.10. The lowest BCUT2D eigenvalue weighted by atomic mass is 9.83. The Morgan fingerprint density at radius 2 is 1.67 bits per heavy atom. The molecule has 0 aliphatic heterocycles. The number of halogens is 3. The molecule has 0 atom stereocenters. The van der Waals surface area contributed by atoms with Gasteiger partial charge in [0.2, 0.25) is 12.2 Å². The fraction of sp³-hybridized carbons (Fsp3) is 0.333. The number of nitrogens with zero attached hydrogens (tertiary/aromatic N) is 2. The molecule has 0 aliphatic rings. The van der Waals surface area contributed by atoms with Crippen LogP contribution in [0.5, 0.6) is 0 Å². The number of aromatic nitrogens is 2. The lowest BCUT2D eigenvalue weighted by Gasteiger charge is -2.28. The van der Waals surface area contributed by atoms with Crippen LogP contribution in [-0.4, -0.2) is 16.3 Å². The molecule has 0 saturated carbocycles. The van der Waals surface area contributed by atoms with Gasteiger partial charge in [0.25, 0.3) is 0 Å². The summed E-state index contributed by atoms with van der Waals surface area (Å²) in [5.74, 6) is 0.353. The van der Waals surface area contributed by atoms with Gasteiger partial charge in [-0.3, -0.25) is 0 Å². The number of rotatable bonds is 2. The van der Waals surface area contributed by atoms with Gasteiger partial charge < -0.3 is 4.52 Å². The summed E-state index contributed by atoms with van der Waals surface area (Å²) in [4.78, 5) is 3.83. The number of alkyl halides is 3. The monoisotopic (exact) mass is 256 g/mol. The Hall–Kier alpha value is -1.85. The maximum atomic E-state index is 12.9. The second-order valence-corrected chi connectivity index (χ2v) is 4.45. The summed E-state index contributed by atoms with van der Waals surface area (Å²) in [6.07, 6.45) is -3.12. The minimum absolute atomic E-state index is 0.197. The second kappa shape index (κ2) is 4.12. The minimum Gasteiger partial charge on any atom is -0.342 e. The van der Waals surface area contributed by atoms with E-state index in [2.05, 4.69) is 14.7 Å². The Kier molecular flexibility index (Phi) is 2.88. The maximum absolute atomic E-state index is 12.9. The van der Waals surface area contributed by atoms with Gasteiger partial charge in [0.1, 0.15) is 0 Å². The van der Waals surface area contributed by atoms with Crippen LogP contribution in [0.1, 0.15) is 19.4 Å². The van der Waals surface area contributed by atoms with Crippen LogP contribution in [0.15, 0.2) is 35.2 Å². The highest BCUT2D eigenvalue weighted by Crippen LogP contribution is 2.40. The van der Waals surface area contributed by atoms with Crippen molar-refractivity contribution in [3.8, 4) is 11.4 Å². The van der Waals surface area contributed by atoms with E-state index < -0.39 is 11.6 Å². The van der Waals surface area contributed by atoms with E-state index in [-0.39, 0.29) is 5.56 Å². The molecule has 0 aliphatic carbocycles. The van der Waals surface area contributed by atoms with Crippen molar-refractivity contribution < 1.29 is 17.7 Å². The zero-order valence-electron chi connectivity index (χ0n) is 9.82. The van der Waals surface area contributed by atoms with Gasteiger partial charge in [0, 0.05) is 5.56 Å². The normalized spacial score (nSPS) is 12.7. The standard InChI is InChI=1S/C12H11F3N2O/c1-11(2,12(13,14)15)9-5-3-8(4-6-9)10-16-7-18-17-10/h3-7H,1-2H3. The Morgan fingerprint density at radius 1 is 1.06 bits per heavy atom. The van der Waals surface area contributed by atoms with Crippen LogP contribution >= 0.6 is 0 Å². The molecule has 0 unspecified atom stereocenters. The average molecular weight is 256 g/mol. The lowest BCUT2D eigenvalue weighted by Crippen LogP contribution is -2.36. The van der Waals surface area contributed by atoms with Crippen LogP contribution < -0.4 is 0 Å². The average Bonchev–Trinajstić information content (AvgIpc) is 2.81. The summed E-state index contributed by atoms with van der Waals surface area (Å²) in [6.45, 7) is 2.30. The molecule has 0 radical (unpaired) electrons. The molecule has 3 nitrogen and oxygen atoms in total. The van der Waals surface area contributed by atoms with Gasteiger partial charge in [-0.15, -0.1) is 0 Å². The smallest absolute Gasteiger partial charge is 0.342 e. The summed E-state index contributed by atoms with van der Waals surface area (Å²) in [7, 11) is 0. The predicted octanol–water partition coefficient (Wildman–Crippen LogP) is 3.58. The van der Waals surface area contributed by atoms with E-state index in [1.54, 1.807) is 12.1 Å². The van der Waals surface area contributed by atoms with Crippen LogP contribution in [0, 0.1) is 0 Å². The van der Waals surface area contributed by atoms with Gasteiger partial charge in [-0.25, -0.2) is 0 Å².